The summed E-state index contributed by atoms with van der Waals surface area (Å²) in [4.78, 5) is 22.0. The summed E-state index contributed by atoms with van der Waals surface area (Å²) in [5.41, 5.74) is 3.03. The number of rotatable bonds is 4. The number of carbonyl (C=O) groups excluding carboxylic acids is 1. The third-order valence-corrected chi connectivity index (χ3v) is 6.48. The number of benzene rings is 2. The van der Waals surface area contributed by atoms with Crippen molar-refractivity contribution in [3.63, 3.8) is 0 Å². The third-order valence-electron chi connectivity index (χ3n) is 6.48. The predicted molar refractivity (Wildman–Crippen MR) is 121 cm³/mol. The van der Waals surface area contributed by atoms with Crippen LogP contribution in [0.4, 0.5) is 5.69 Å². The van der Waals surface area contributed by atoms with E-state index in [0.29, 0.717) is 24.7 Å². The third kappa shape index (κ3) is 3.90. The lowest BCUT2D eigenvalue weighted by Crippen LogP contribution is -2.49. The van der Waals surface area contributed by atoms with Crippen molar-refractivity contribution in [2.45, 2.75) is 25.3 Å². The Hall–Kier alpha value is -3.28. The summed E-state index contributed by atoms with van der Waals surface area (Å²) >= 11 is 0. The minimum absolute atomic E-state index is 0.0397. The summed E-state index contributed by atoms with van der Waals surface area (Å²) in [6.07, 6.45) is 3.94. The van der Waals surface area contributed by atoms with Crippen molar-refractivity contribution in [2.75, 3.05) is 38.2 Å². The molecule has 1 amide bonds. The SMILES string of the molecule is COc1ccccc1N1CCN(C(=O)c2cn3c(n2)CCC(c2ccccc2)C3)CC1. The lowest BCUT2D eigenvalue weighted by atomic mass is 9.92. The molecule has 5 rings (SSSR count). The fourth-order valence-corrected chi connectivity index (χ4v) is 4.75. The zero-order valence-electron chi connectivity index (χ0n) is 17.9. The molecule has 31 heavy (non-hydrogen) atoms. The van der Waals surface area contributed by atoms with Gasteiger partial charge in [0.15, 0.2) is 0 Å². The van der Waals surface area contributed by atoms with E-state index >= 15 is 0 Å². The van der Waals surface area contributed by atoms with Gasteiger partial charge in [0.05, 0.1) is 12.8 Å². The molecule has 0 radical (unpaired) electrons. The highest BCUT2D eigenvalue weighted by molar-refractivity contribution is 5.92. The molecule has 2 aromatic carbocycles. The first-order valence-electron chi connectivity index (χ1n) is 11.0. The first-order chi connectivity index (χ1) is 15.2. The predicted octanol–water partition coefficient (Wildman–Crippen LogP) is 3.58. The highest BCUT2D eigenvalue weighted by Crippen LogP contribution is 2.30. The Bertz CT molecular complexity index is 1050. The van der Waals surface area contributed by atoms with E-state index in [1.165, 1.54) is 5.56 Å². The molecule has 6 nitrogen and oxygen atoms in total. The van der Waals surface area contributed by atoms with Crippen LogP contribution >= 0.6 is 0 Å². The van der Waals surface area contributed by atoms with Crippen molar-refractivity contribution >= 4 is 11.6 Å². The van der Waals surface area contributed by atoms with E-state index in [1.807, 2.05) is 29.3 Å². The van der Waals surface area contributed by atoms with Crippen molar-refractivity contribution in [1.29, 1.82) is 0 Å². The Balaban J connectivity index is 1.25. The van der Waals surface area contributed by atoms with Gasteiger partial charge in [0.1, 0.15) is 17.3 Å². The summed E-state index contributed by atoms with van der Waals surface area (Å²) in [5, 5.41) is 0. The second-order valence-electron chi connectivity index (χ2n) is 8.29. The number of amides is 1. The van der Waals surface area contributed by atoms with Crippen LogP contribution in [0.2, 0.25) is 0 Å². The van der Waals surface area contributed by atoms with Gasteiger partial charge in [-0.2, -0.15) is 0 Å². The molecule has 1 fully saturated rings. The van der Waals surface area contributed by atoms with E-state index in [1.54, 1.807) is 7.11 Å². The first-order valence-corrected chi connectivity index (χ1v) is 11.0. The number of nitrogens with zero attached hydrogens (tertiary/aromatic N) is 4. The highest BCUT2D eigenvalue weighted by Gasteiger charge is 2.28. The van der Waals surface area contributed by atoms with Gasteiger partial charge in [-0.1, -0.05) is 42.5 Å². The largest absolute Gasteiger partial charge is 0.495 e. The summed E-state index contributed by atoms with van der Waals surface area (Å²) in [6.45, 7) is 3.84. The molecule has 1 aromatic heterocycles. The molecule has 3 aromatic rings. The van der Waals surface area contributed by atoms with E-state index in [9.17, 15) is 4.79 Å². The van der Waals surface area contributed by atoms with Crippen LogP contribution in [-0.4, -0.2) is 53.6 Å². The van der Waals surface area contributed by atoms with Crippen LogP contribution < -0.4 is 9.64 Å². The van der Waals surface area contributed by atoms with E-state index < -0.39 is 0 Å². The molecular formula is C25H28N4O2. The molecule has 0 spiro atoms. The molecule has 1 atom stereocenters. The molecule has 0 N–H and O–H groups in total. The zero-order valence-corrected chi connectivity index (χ0v) is 17.9. The monoisotopic (exact) mass is 416 g/mol. The molecule has 160 valence electrons. The van der Waals surface area contributed by atoms with E-state index in [2.05, 4.69) is 45.9 Å². The lowest BCUT2D eigenvalue weighted by Gasteiger charge is -2.36. The Morgan fingerprint density at radius 3 is 2.52 bits per heavy atom. The maximum Gasteiger partial charge on any atom is 0.274 e. The van der Waals surface area contributed by atoms with Gasteiger partial charge >= 0.3 is 0 Å². The number of hydrogen-bond donors (Lipinski definition) is 0. The van der Waals surface area contributed by atoms with Gasteiger partial charge < -0.3 is 19.1 Å². The van der Waals surface area contributed by atoms with Gasteiger partial charge in [0.25, 0.3) is 5.91 Å². The number of ether oxygens (including phenoxy) is 1. The first kappa shape index (κ1) is 19.7. The van der Waals surface area contributed by atoms with Crippen LogP contribution in [0.25, 0.3) is 0 Å². The number of aromatic nitrogens is 2. The summed E-state index contributed by atoms with van der Waals surface area (Å²) < 4.78 is 7.67. The maximum absolute atomic E-state index is 13.1. The average Bonchev–Trinajstić information content (AvgIpc) is 3.28. The van der Waals surface area contributed by atoms with Crippen LogP contribution in [0.15, 0.2) is 60.8 Å². The highest BCUT2D eigenvalue weighted by atomic mass is 16.5. The van der Waals surface area contributed by atoms with Crippen LogP contribution in [-0.2, 0) is 13.0 Å². The fourth-order valence-electron chi connectivity index (χ4n) is 4.75. The number of para-hydroxylation sites is 2. The van der Waals surface area contributed by atoms with Gasteiger partial charge in [-0.25, -0.2) is 4.98 Å². The van der Waals surface area contributed by atoms with Crippen molar-refractivity contribution in [1.82, 2.24) is 14.5 Å². The molecule has 0 aliphatic carbocycles. The van der Waals surface area contributed by atoms with Crippen molar-refractivity contribution < 1.29 is 9.53 Å². The van der Waals surface area contributed by atoms with Gasteiger partial charge in [-0.3, -0.25) is 4.79 Å². The van der Waals surface area contributed by atoms with Gasteiger partial charge in [0, 0.05) is 51.3 Å². The molecule has 2 aliphatic rings. The normalized spacial score (nSPS) is 18.5. The summed E-state index contributed by atoms with van der Waals surface area (Å²) in [6, 6.07) is 18.7. The van der Waals surface area contributed by atoms with E-state index in [-0.39, 0.29) is 5.91 Å². The molecule has 6 heteroatoms. The lowest BCUT2D eigenvalue weighted by molar-refractivity contribution is 0.0741. The smallest absolute Gasteiger partial charge is 0.274 e. The van der Waals surface area contributed by atoms with Gasteiger partial charge in [-0.05, 0) is 24.1 Å². The van der Waals surface area contributed by atoms with Gasteiger partial charge in [0.2, 0.25) is 0 Å². The Morgan fingerprint density at radius 2 is 1.74 bits per heavy atom. The number of aryl methyl sites for hydroxylation is 1. The topological polar surface area (TPSA) is 50.6 Å². The Morgan fingerprint density at radius 1 is 1.00 bits per heavy atom. The molecule has 1 unspecified atom stereocenters. The van der Waals surface area contributed by atoms with Crippen LogP contribution in [0.5, 0.6) is 5.75 Å². The van der Waals surface area contributed by atoms with Crippen molar-refractivity contribution in [2.24, 2.45) is 0 Å². The summed E-state index contributed by atoms with van der Waals surface area (Å²) in [5.74, 6) is 2.42. The van der Waals surface area contributed by atoms with Crippen molar-refractivity contribution in [3.8, 4) is 5.75 Å². The quantitative estimate of drug-likeness (QED) is 0.652. The van der Waals surface area contributed by atoms with E-state index in [0.717, 1.165) is 49.7 Å². The fraction of sp³-hybridized carbons (Fsp3) is 0.360. The Kier molecular flexibility index (Phi) is 5.37. The van der Waals surface area contributed by atoms with Crippen molar-refractivity contribution in [3.05, 3.63) is 77.9 Å². The number of imidazole rings is 1. The number of methoxy groups -OCH3 is 1. The van der Waals surface area contributed by atoms with Crippen LogP contribution in [0.1, 0.15) is 34.2 Å². The molecular weight excluding hydrogens is 388 g/mol. The standard InChI is InChI=1S/C25H28N4O2/c1-31-23-10-6-5-9-22(23)27-13-15-28(16-14-27)25(30)21-18-29-17-20(11-12-24(29)26-21)19-7-3-2-4-8-19/h2-10,18,20H,11-17H2,1H3. The molecule has 1 saturated heterocycles. The zero-order chi connectivity index (χ0) is 21.2. The molecule has 0 bridgehead atoms. The van der Waals surface area contributed by atoms with Crippen LogP contribution in [0, 0.1) is 0 Å². The maximum atomic E-state index is 13.1. The molecule has 0 saturated carbocycles. The second-order valence-corrected chi connectivity index (χ2v) is 8.29. The number of carbonyl (C=O) groups is 1. The molecule has 3 heterocycles. The minimum Gasteiger partial charge on any atom is -0.495 e. The summed E-state index contributed by atoms with van der Waals surface area (Å²) in [7, 11) is 1.70. The average molecular weight is 417 g/mol. The number of hydrogen-bond acceptors (Lipinski definition) is 4. The second kappa shape index (κ2) is 8.46. The minimum atomic E-state index is 0.0397. The Labute approximate surface area is 183 Å². The van der Waals surface area contributed by atoms with Gasteiger partial charge in [-0.15, -0.1) is 0 Å². The van der Waals surface area contributed by atoms with Crippen LogP contribution in [0.3, 0.4) is 0 Å². The number of fused-ring (bicyclic) bond motifs is 1. The molecule has 2 aliphatic heterocycles. The van der Waals surface area contributed by atoms with E-state index in [4.69, 9.17) is 9.72 Å². The number of anilines is 1. The number of piperazine rings is 1.